The van der Waals surface area contributed by atoms with Gasteiger partial charge in [-0.1, -0.05) is 30.7 Å². The Morgan fingerprint density at radius 3 is 2.67 bits per heavy atom. The summed E-state index contributed by atoms with van der Waals surface area (Å²) >= 11 is 0. The standard InChI is InChI=1S/C18H28N2O/c1-4-9-19-18(21)16-7-10-20(11-8-16)13-17-12-14(2)5-6-15(17)3/h5-6,12,16H,4,7-11,13H2,1-3H3,(H,19,21). The van der Waals surface area contributed by atoms with Crippen LogP contribution in [0.15, 0.2) is 18.2 Å². The minimum Gasteiger partial charge on any atom is -0.356 e. The first-order valence-corrected chi connectivity index (χ1v) is 8.16. The number of nitrogens with one attached hydrogen (secondary N) is 1. The normalized spacial score (nSPS) is 16.9. The van der Waals surface area contributed by atoms with Gasteiger partial charge in [0.2, 0.25) is 5.91 Å². The molecule has 2 rings (SSSR count). The van der Waals surface area contributed by atoms with E-state index in [-0.39, 0.29) is 11.8 Å². The first-order valence-electron chi connectivity index (χ1n) is 8.16. The summed E-state index contributed by atoms with van der Waals surface area (Å²) < 4.78 is 0. The number of carbonyl (C=O) groups excluding carboxylic acids is 1. The lowest BCUT2D eigenvalue weighted by molar-refractivity contribution is -0.126. The van der Waals surface area contributed by atoms with E-state index < -0.39 is 0 Å². The Hall–Kier alpha value is -1.35. The maximum Gasteiger partial charge on any atom is 0.223 e. The number of likely N-dealkylation sites (tertiary alicyclic amines) is 1. The molecular formula is C18H28N2O. The Balaban J connectivity index is 1.84. The summed E-state index contributed by atoms with van der Waals surface area (Å²) in [5.41, 5.74) is 4.11. The van der Waals surface area contributed by atoms with Gasteiger partial charge in [-0.3, -0.25) is 9.69 Å². The van der Waals surface area contributed by atoms with Gasteiger partial charge in [-0.05, 0) is 57.3 Å². The van der Waals surface area contributed by atoms with Gasteiger partial charge in [-0.15, -0.1) is 0 Å². The van der Waals surface area contributed by atoms with E-state index in [0.717, 1.165) is 45.4 Å². The molecule has 1 aromatic carbocycles. The molecule has 1 saturated heterocycles. The van der Waals surface area contributed by atoms with Gasteiger partial charge in [-0.2, -0.15) is 0 Å². The Morgan fingerprint density at radius 2 is 2.00 bits per heavy atom. The highest BCUT2D eigenvalue weighted by Gasteiger charge is 2.24. The van der Waals surface area contributed by atoms with Gasteiger partial charge < -0.3 is 5.32 Å². The predicted molar refractivity (Wildman–Crippen MR) is 87.2 cm³/mol. The first-order chi connectivity index (χ1) is 10.1. The van der Waals surface area contributed by atoms with Crippen LogP contribution in [-0.4, -0.2) is 30.4 Å². The van der Waals surface area contributed by atoms with Gasteiger partial charge in [0.05, 0.1) is 0 Å². The van der Waals surface area contributed by atoms with Crippen LogP contribution in [-0.2, 0) is 11.3 Å². The van der Waals surface area contributed by atoms with Gasteiger partial charge in [0, 0.05) is 19.0 Å². The van der Waals surface area contributed by atoms with Crippen LogP contribution in [0.5, 0.6) is 0 Å². The van der Waals surface area contributed by atoms with Gasteiger partial charge in [0.15, 0.2) is 0 Å². The lowest BCUT2D eigenvalue weighted by Gasteiger charge is -2.31. The zero-order chi connectivity index (χ0) is 15.2. The molecule has 0 aliphatic carbocycles. The molecule has 0 bridgehead atoms. The molecule has 0 unspecified atom stereocenters. The fourth-order valence-electron chi connectivity index (χ4n) is 2.96. The van der Waals surface area contributed by atoms with E-state index >= 15 is 0 Å². The number of carbonyl (C=O) groups is 1. The van der Waals surface area contributed by atoms with Crippen LogP contribution < -0.4 is 5.32 Å². The van der Waals surface area contributed by atoms with Crippen molar-refractivity contribution in [3.05, 3.63) is 34.9 Å². The van der Waals surface area contributed by atoms with Crippen LogP contribution in [0.3, 0.4) is 0 Å². The van der Waals surface area contributed by atoms with Crippen molar-refractivity contribution in [2.45, 2.75) is 46.6 Å². The number of piperidine rings is 1. The molecule has 1 aliphatic rings. The zero-order valence-corrected chi connectivity index (χ0v) is 13.6. The molecule has 0 atom stereocenters. The van der Waals surface area contributed by atoms with Crippen molar-refractivity contribution in [2.75, 3.05) is 19.6 Å². The fraction of sp³-hybridized carbons (Fsp3) is 0.611. The number of aryl methyl sites for hydroxylation is 2. The quantitative estimate of drug-likeness (QED) is 0.903. The molecule has 21 heavy (non-hydrogen) atoms. The second-order valence-electron chi connectivity index (χ2n) is 6.27. The molecule has 0 saturated carbocycles. The summed E-state index contributed by atoms with van der Waals surface area (Å²) in [7, 11) is 0. The second-order valence-corrected chi connectivity index (χ2v) is 6.27. The first kappa shape index (κ1) is 16.0. The van der Waals surface area contributed by atoms with E-state index in [0.29, 0.717) is 0 Å². The van der Waals surface area contributed by atoms with Crippen LogP contribution in [0.25, 0.3) is 0 Å². The molecule has 116 valence electrons. The molecule has 0 aromatic heterocycles. The lowest BCUT2D eigenvalue weighted by atomic mass is 9.95. The molecule has 3 nitrogen and oxygen atoms in total. The minimum atomic E-state index is 0.214. The molecule has 1 aromatic rings. The van der Waals surface area contributed by atoms with E-state index in [1.54, 1.807) is 0 Å². The second kappa shape index (κ2) is 7.60. The molecule has 0 spiro atoms. The molecular weight excluding hydrogens is 260 g/mol. The Bertz CT molecular complexity index is 476. The Labute approximate surface area is 128 Å². The monoisotopic (exact) mass is 288 g/mol. The summed E-state index contributed by atoms with van der Waals surface area (Å²) in [4.78, 5) is 14.5. The average Bonchev–Trinajstić information content (AvgIpc) is 2.49. The van der Waals surface area contributed by atoms with Crippen molar-refractivity contribution in [3.63, 3.8) is 0 Å². The van der Waals surface area contributed by atoms with Crippen molar-refractivity contribution >= 4 is 5.91 Å². The van der Waals surface area contributed by atoms with Crippen molar-refractivity contribution in [1.82, 2.24) is 10.2 Å². The Morgan fingerprint density at radius 1 is 1.29 bits per heavy atom. The molecule has 1 fully saturated rings. The summed E-state index contributed by atoms with van der Waals surface area (Å²) in [6.07, 6.45) is 2.98. The van der Waals surface area contributed by atoms with Crippen molar-refractivity contribution in [2.24, 2.45) is 5.92 Å². The molecule has 1 heterocycles. The topological polar surface area (TPSA) is 32.3 Å². The highest BCUT2D eigenvalue weighted by Crippen LogP contribution is 2.21. The predicted octanol–water partition coefficient (Wildman–Crippen LogP) is 3.04. The van der Waals surface area contributed by atoms with Crippen LogP contribution in [0.2, 0.25) is 0 Å². The number of benzene rings is 1. The minimum absolute atomic E-state index is 0.214. The number of hydrogen-bond acceptors (Lipinski definition) is 2. The molecule has 1 amide bonds. The third-order valence-electron chi connectivity index (χ3n) is 4.41. The van der Waals surface area contributed by atoms with Crippen LogP contribution in [0.4, 0.5) is 0 Å². The van der Waals surface area contributed by atoms with Gasteiger partial charge in [0.25, 0.3) is 0 Å². The van der Waals surface area contributed by atoms with E-state index in [4.69, 9.17) is 0 Å². The average molecular weight is 288 g/mol. The maximum atomic E-state index is 12.0. The van der Waals surface area contributed by atoms with Gasteiger partial charge >= 0.3 is 0 Å². The van der Waals surface area contributed by atoms with Crippen molar-refractivity contribution in [3.8, 4) is 0 Å². The number of nitrogens with zero attached hydrogens (tertiary/aromatic N) is 1. The maximum absolute atomic E-state index is 12.0. The molecule has 1 aliphatic heterocycles. The number of hydrogen-bond donors (Lipinski definition) is 1. The third-order valence-corrected chi connectivity index (χ3v) is 4.41. The molecule has 3 heteroatoms. The van der Waals surface area contributed by atoms with Crippen molar-refractivity contribution in [1.29, 1.82) is 0 Å². The molecule has 1 N–H and O–H groups in total. The largest absolute Gasteiger partial charge is 0.356 e. The number of amides is 1. The van der Waals surface area contributed by atoms with Crippen LogP contribution in [0.1, 0.15) is 42.9 Å². The Kier molecular flexibility index (Phi) is 5.80. The summed E-state index contributed by atoms with van der Waals surface area (Å²) in [6.45, 7) is 10.3. The fourth-order valence-corrected chi connectivity index (χ4v) is 2.96. The lowest BCUT2D eigenvalue weighted by Crippen LogP contribution is -2.40. The van der Waals surface area contributed by atoms with Crippen LogP contribution >= 0.6 is 0 Å². The summed E-state index contributed by atoms with van der Waals surface area (Å²) in [6, 6.07) is 6.66. The summed E-state index contributed by atoms with van der Waals surface area (Å²) in [5.74, 6) is 0.467. The molecule has 0 radical (unpaired) electrons. The summed E-state index contributed by atoms with van der Waals surface area (Å²) in [5, 5.41) is 3.03. The van der Waals surface area contributed by atoms with Gasteiger partial charge in [0.1, 0.15) is 0 Å². The van der Waals surface area contributed by atoms with E-state index in [1.165, 1.54) is 16.7 Å². The third kappa shape index (κ3) is 4.57. The SMILES string of the molecule is CCCNC(=O)C1CCN(Cc2cc(C)ccc2C)CC1. The van der Waals surface area contributed by atoms with E-state index in [9.17, 15) is 4.79 Å². The zero-order valence-electron chi connectivity index (χ0n) is 13.6. The van der Waals surface area contributed by atoms with Crippen LogP contribution in [0, 0.1) is 19.8 Å². The highest BCUT2D eigenvalue weighted by molar-refractivity contribution is 5.78. The number of rotatable bonds is 5. The van der Waals surface area contributed by atoms with Crippen molar-refractivity contribution < 1.29 is 4.79 Å². The van der Waals surface area contributed by atoms with Gasteiger partial charge in [-0.25, -0.2) is 0 Å². The smallest absolute Gasteiger partial charge is 0.223 e. The van der Waals surface area contributed by atoms with E-state index in [2.05, 4.69) is 49.2 Å². The van der Waals surface area contributed by atoms with E-state index in [1.807, 2.05) is 0 Å². The highest BCUT2D eigenvalue weighted by atomic mass is 16.1.